The summed E-state index contributed by atoms with van der Waals surface area (Å²) in [7, 11) is 0. The molecule has 1 aromatic rings. The van der Waals surface area contributed by atoms with E-state index in [-0.39, 0.29) is 0 Å². The molecule has 2 nitrogen and oxygen atoms in total. The lowest BCUT2D eigenvalue weighted by molar-refractivity contribution is 0.530. The number of hydrogen-bond donors (Lipinski definition) is 2. The zero-order valence-corrected chi connectivity index (χ0v) is 7.59. The molecule has 0 amide bonds. The Balaban J connectivity index is 2.06. The Morgan fingerprint density at radius 1 is 1.08 bits per heavy atom. The van der Waals surface area contributed by atoms with E-state index in [1.807, 2.05) is 0 Å². The molecule has 1 aromatic carbocycles. The molecule has 2 heterocycles. The molecule has 0 bridgehead atoms. The van der Waals surface area contributed by atoms with E-state index in [1.54, 1.807) is 0 Å². The van der Waals surface area contributed by atoms with Crippen molar-refractivity contribution in [3.63, 3.8) is 0 Å². The number of hydrogen-bond acceptors (Lipinski definition) is 2. The fourth-order valence-electron chi connectivity index (χ4n) is 2.53. The second-order valence-electron chi connectivity index (χ2n) is 3.99. The molecule has 0 spiro atoms. The Bertz CT molecular complexity index is 322. The van der Waals surface area contributed by atoms with Crippen LogP contribution in [0.1, 0.15) is 11.5 Å². The van der Waals surface area contributed by atoms with E-state index in [1.165, 1.54) is 17.8 Å². The van der Waals surface area contributed by atoms with Crippen LogP contribution in [0.4, 0.5) is 5.69 Å². The van der Waals surface area contributed by atoms with Gasteiger partial charge in [-0.25, -0.2) is 0 Å². The van der Waals surface area contributed by atoms with E-state index in [9.17, 15) is 0 Å². The Morgan fingerprint density at radius 2 is 2.00 bits per heavy atom. The van der Waals surface area contributed by atoms with Crippen molar-refractivity contribution in [3.8, 4) is 0 Å². The predicted molar refractivity (Wildman–Crippen MR) is 54.0 cm³/mol. The lowest BCUT2D eigenvalue weighted by atomic mass is 9.85. The second kappa shape index (κ2) is 2.74. The molecule has 2 N–H and O–H groups in total. The molecule has 2 heteroatoms. The molecule has 0 unspecified atom stereocenters. The molecular formula is C11H14N2. The van der Waals surface area contributed by atoms with Crippen LogP contribution < -0.4 is 10.6 Å². The van der Waals surface area contributed by atoms with Crippen molar-refractivity contribution in [2.24, 2.45) is 5.92 Å². The van der Waals surface area contributed by atoms with Crippen LogP contribution in [0.5, 0.6) is 0 Å². The first-order valence-corrected chi connectivity index (χ1v) is 4.98. The summed E-state index contributed by atoms with van der Waals surface area (Å²) in [6.07, 6.45) is 0. The van der Waals surface area contributed by atoms with Gasteiger partial charge in [-0.3, -0.25) is 0 Å². The third-order valence-electron chi connectivity index (χ3n) is 3.25. The topological polar surface area (TPSA) is 24.1 Å². The van der Waals surface area contributed by atoms with Gasteiger partial charge in [0.15, 0.2) is 0 Å². The summed E-state index contributed by atoms with van der Waals surface area (Å²) < 4.78 is 0. The van der Waals surface area contributed by atoms with Gasteiger partial charge in [-0.15, -0.1) is 0 Å². The highest BCUT2D eigenvalue weighted by molar-refractivity contribution is 5.55. The van der Waals surface area contributed by atoms with Gasteiger partial charge in [0, 0.05) is 31.2 Å². The van der Waals surface area contributed by atoms with Crippen LogP contribution in [0.2, 0.25) is 0 Å². The largest absolute Gasteiger partial charge is 0.384 e. The van der Waals surface area contributed by atoms with Crippen molar-refractivity contribution >= 4 is 5.69 Å². The van der Waals surface area contributed by atoms with Gasteiger partial charge in [-0.2, -0.15) is 0 Å². The van der Waals surface area contributed by atoms with Gasteiger partial charge in [0.2, 0.25) is 0 Å². The van der Waals surface area contributed by atoms with Gasteiger partial charge in [0.05, 0.1) is 0 Å². The minimum absolute atomic E-state index is 0.748. The monoisotopic (exact) mass is 174 g/mol. The highest BCUT2D eigenvalue weighted by Crippen LogP contribution is 2.36. The van der Waals surface area contributed by atoms with Crippen molar-refractivity contribution in [1.82, 2.24) is 5.32 Å². The first kappa shape index (κ1) is 7.39. The molecule has 0 aromatic heterocycles. The van der Waals surface area contributed by atoms with Crippen molar-refractivity contribution < 1.29 is 0 Å². The van der Waals surface area contributed by atoms with E-state index < -0.39 is 0 Å². The molecule has 68 valence electrons. The highest BCUT2D eigenvalue weighted by Gasteiger charge is 2.32. The molecule has 2 atom stereocenters. The lowest BCUT2D eigenvalue weighted by Crippen LogP contribution is -2.26. The van der Waals surface area contributed by atoms with Crippen LogP contribution in [0, 0.1) is 5.92 Å². The summed E-state index contributed by atoms with van der Waals surface area (Å²) in [5, 5.41) is 6.96. The van der Waals surface area contributed by atoms with E-state index >= 15 is 0 Å². The Hall–Kier alpha value is -1.02. The van der Waals surface area contributed by atoms with Crippen molar-refractivity contribution in [1.29, 1.82) is 0 Å². The lowest BCUT2D eigenvalue weighted by Gasteiger charge is -2.28. The quantitative estimate of drug-likeness (QED) is 0.621. The maximum atomic E-state index is 3.49. The smallest absolute Gasteiger partial charge is 0.0376 e. The van der Waals surface area contributed by atoms with Crippen molar-refractivity contribution in [3.05, 3.63) is 29.8 Å². The molecule has 13 heavy (non-hydrogen) atoms. The standard InChI is InChI=1S/C11H14N2/c1-2-4-11-9(3-1)10-7-12-5-8(10)6-13-11/h1-4,8,10,12-13H,5-7H2/t8-,10-/m0/s1. The van der Waals surface area contributed by atoms with Crippen LogP contribution in [-0.2, 0) is 0 Å². The predicted octanol–water partition coefficient (Wildman–Crippen LogP) is 1.42. The molecule has 2 aliphatic rings. The molecule has 0 aliphatic carbocycles. The van der Waals surface area contributed by atoms with Crippen LogP contribution >= 0.6 is 0 Å². The molecule has 2 aliphatic heterocycles. The van der Waals surface area contributed by atoms with Crippen molar-refractivity contribution in [2.45, 2.75) is 5.92 Å². The fourth-order valence-corrected chi connectivity index (χ4v) is 2.53. The summed E-state index contributed by atoms with van der Waals surface area (Å²) in [6.45, 7) is 3.46. The summed E-state index contributed by atoms with van der Waals surface area (Å²) in [4.78, 5) is 0. The van der Waals surface area contributed by atoms with Crippen LogP contribution in [0.15, 0.2) is 24.3 Å². The summed E-state index contributed by atoms with van der Waals surface area (Å²) in [5.74, 6) is 1.55. The normalized spacial score (nSPS) is 30.5. The molecule has 1 saturated heterocycles. The third kappa shape index (κ3) is 1.05. The second-order valence-corrected chi connectivity index (χ2v) is 3.99. The molecule has 0 saturated carbocycles. The summed E-state index contributed by atoms with van der Waals surface area (Å²) >= 11 is 0. The number of benzene rings is 1. The zero-order valence-electron chi connectivity index (χ0n) is 7.59. The summed E-state index contributed by atoms with van der Waals surface area (Å²) in [5.41, 5.74) is 2.84. The summed E-state index contributed by atoms with van der Waals surface area (Å²) in [6, 6.07) is 8.69. The van der Waals surface area contributed by atoms with E-state index in [4.69, 9.17) is 0 Å². The number of rotatable bonds is 0. The first-order chi connectivity index (χ1) is 6.45. The SMILES string of the molecule is c1ccc2c(c1)NC[C@@H]1CNC[C@H]21. The van der Waals surface area contributed by atoms with Crippen LogP contribution in [-0.4, -0.2) is 19.6 Å². The highest BCUT2D eigenvalue weighted by atomic mass is 15.0. The molecule has 0 radical (unpaired) electrons. The fraction of sp³-hybridized carbons (Fsp3) is 0.455. The first-order valence-electron chi connectivity index (χ1n) is 4.98. The maximum absolute atomic E-state index is 3.49. The Morgan fingerprint density at radius 3 is 3.00 bits per heavy atom. The Kier molecular flexibility index (Phi) is 1.56. The number of fused-ring (bicyclic) bond motifs is 3. The van der Waals surface area contributed by atoms with Gasteiger partial charge in [-0.1, -0.05) is 18.2 Å². The molecule has 1 fully saturated rings. The van der Waals surface area contributed by atoms with Gasteiger partial charge in [0.25, 0.3) is 0 Å². The van der Waals surface area contributed by atoms with E-state index in [0.717, 1.165) is 24.9 Å². The van der Waals surface area contributed by atoms with Crippen LogP contribution in [0.25, 0.3) is 0 Å². The number of anilines is 1. The zero-order chi connectivity index (χ0) is 8.67. The minimum Gasteiger partial charge on any atom is -0.384 e. The van der Waals surface area contributed by atoms with Gasteiger partial charge in [0.1, 0.15) is 0 Å². The molecule has 3 rings (SSSR count). The van der Waals surface area contributed by atoms with Gasteiger partial charge in [-0.05, 0) is 17.5 Å². The number of nitrogens with one attached hydrogen (secondary N) is 2. The van der Waals surface area contributed by atoms with E-state index in [0.29, 0.717) is 0 Å². The van der Waals surface area contributed by atoms with E-state index in [2.05, 4.69) is 34.9 Å². The molecular weight excluding hydrogens is 160 g/mol. The van der Waals surface area contributed by atoms with Crippen molar-refractivity contribution in [2.75, 3.05) is 25.0 Å². The van der Waals surface area contributed by atoms with Gasteiger partial charge < -0.3 is 10.6 Å². The third-order valence-corrected chi connectivity index (χ3v) is 3.25. The Labute approximate surface area is 78.3 Å². The minimum atomic E-state index is 0.748. The maximum Gasteiger partial charge on any atom is 0.0376 e. The van der Waals surface area contributed by atoms with Gasteiger partial charge >= 0.3 is 0 Å². The average molecular weight is 174 g/mol. The average Bonchev–Trinajstić information content (AvgIpc) is 2.65. The number of para-hydroxylation sites is 1. The van der Waals surface area contributed by atoms with Crippen LogP contribution in [0.3, 0.4) is 0 Å².